The lowest BCUT2D eigenvalue weighted by Gasteiger charge is -2.26. The van der Waals surface area contributed by atoms with Gasteiger partial charge in [0.05, 0.1) is 6.10 Å². The summed E-state index contributed by atoms with van der Waals surface area (Å²) >= 11 is 0. The van der Waals surface area contributed by atoms with E-state index in [0.29, 0.717) is 16.7 Å². The van der Waals surface area contributed by atoms with E-state index >= 15 is 0 Å². The number of nitrogens with zero attached hydrogens (tertiary/aromatic N) is 1. The highest BCUT2D eigenvalue weighted by Crippen LogP contribution is 2.49. The number of benzene rings is 2. The number of nitrogens with two attached hydrogens (primary N) is 1. The molecule has 196 valence electrons. The number of halogens is 4. The summed E-state index contributed by atoms with van der Waals surface area (Å²) in [5.41, 5.74) is 7.34. The number of hydrogen-bond donors (Lipinski definition) is 3. The number of amides is 1. The van der Waals surface area contributed by atoms with Crippen molar-refractivity contribution in [3.8, 4) is 11.1 Å². The van der Waals surface area contributed by atoms with Gasteiger partial charge in [0, 0.05) is 36.3 Å². The lowest BCUT2D eigenvalue weighted by atomic mass is 9.79. The van der Waals surface area contributed by atoms with Crippen molar-refractivity contribution >= 4 is 5.91 Å². The maximum absolute atomic E-state index is 14.1. The molecule has 1 aliphatic rings. The highest BCUT2D eigenvalue weighted by atomic mass is 19.4. The first-order valence-corrected chi connectivity index (χ1v) is 12.1. The maximum Gasteiger partial charge on any atom is 0.433 e. The van der Waals surface area contributed by atoms with E-state index < -0.39 is 23.9 Å². The molecule has 0 radical (unpaired) electrons. The van der Waals surface area contributed by atoms with E-state index in [1.54, 1.807) is 32.0 Å². The minimum atomic E-state index is -4.70. The molecule has 3 aromatic rings. The Kier molecular flexibility index (Phi) is 7.66. The van der Waals surface area contributed by atoms with Gasteiger partial charge in [0.25, 0.3) is 0 Å². The van der Waals surface area contributed by atoms with Gasteiger partial charge in [0.2, 0.25) is 5.91 Å². The third kappa shape index (κ3) is 5.99. The Labute approximate surface area is 212 Å². The van der Waals surface area contributed by atoms with Crippen molar-refractivity contribution in [3.05, 3.63) is 88.0 Å². The van der Waals surface area contributed by atoms with Gasteiger partial charge in [-0.2, -0.15) is 13.2 Å². The standard InChI is InChI=1S/C28H29F4N3O2/c1-15-10-18(7-8-23(15)29)24(17-5-6-17)25-20(14-34-13-16(2)36)11-19(12-22(25)27(33)37)21-4-3-9-35-26(21)28(30,31)32/h3-4,7-12,16-17,24,34,36H,5-6,13-14H2,1-2H3,(H2,33,37)/t16-,24+/m1/s1. The topological polar surface area (TPSA) is 88.2 Å². The van der Waals surface area contributed by atoms with Crippen LogP contribution in [0.1, 0.15) is 64.0 Å². The monoisotopic (exact) mass is 515 g/mol. The summed E-state index contributed by atoms with van der Waals surface area (Å²) < 4.78 is 55.4. The number of aryl methyl sites for hydroxylation is 1. The van der Waals surface area contributed by atoms with Crippen LogP contribution in [0.25, 0.3) is 11.1 Å². The SMILES string of the molecule is Cc1cc([C@@H](c2c(CNC[C@@H](C)O)cc(-c3cccnc3C(F)(F)F)cc2C(N)=O)C2CC2)ccc1F. The van der Waals surface area contributed by atoms with Crippen molar-refractivity contribution < 1.29 is 27.5 Å². The molecule has 9 heteroatoms. The van der Waals surface area contributed by atoms with Crippen LogP contribution in [0.15, 0.2) is 48.7 Å². The molecular weight excluding hydrogens is 486 g/mol. The Balaban J connectivity index is 1.95. The molecule has 2 aromatic carbocycles. The van der Waals surface area contributed by atoms with Gasteiger partial charge < -0.3 is 16.2 Å². The van der Waals surface area contributed by atoms with Crippen LogP contribution in [-0.2, 0) is 12.7 Å². The van der Waals surface area contributed by atoms with Gasteiger partial charge in [0.1, 0.15) is 5.82 Å². The van der Waals surface area contributed by atoms with E-state index in [9.17, 15) is 27.5 Å². The van der Waals surface area contributed by atoms with Crippen molar-refractivity contribution in [1.82, 2.24) is 10.3 Å². The second-order valence-electron chi connectivity index (χ2n) is 9.66. The van der Waals surface area contributed by atoms with Crippen LogP contribution < -0.4 is 11.1 Å². The highest BCUT2D eigenvalue weighted by Gasteiger charge is 2.39. The fraction of sp³-hybridized carbons (Fsp3) is 0.357. The lowest BCUT2D eigenvalue weighted by molar-refractivity contribution is -0.140. The van der Waals surface area contributed by atoms with E-state index in [2.05, 4.69) is 10.3 Å². The molecule has 5 nitrogen and oxygen atoms in total. The molecule has 4 rings (SSSR count). The Bertz CT molecular complexity index is 1300. The fourth-order valence-corrected chi connectivity index (χ4v) is 4.83. The summed E-state index contributed by atoms with van der Waals surface area (Å²) in [5.74, 6) is -1.24. The fourth-order valence-electron chi connectivity index (χ4n) is 4.83. The molecule has 1 saturated carbocycles. The second-order valence-corrected chi connectivity index (χ2v) is 9.66. The number of aliphatic hydroxyl groups excluding tert-OH is 1. The summed E-state index contributed by atoms with van der Waals surface area (Å²) in [7, 11) is 0. The first-order valence-electron chi connectivity index (χ1n) is 12.1. The minimum Gasteiger partial charge on any atom is -0.392 e. The number of pyridine rings is 1. The summed E-state index contributed by atoms with van der Waals surface area (Å²) in [6.07, 6.45) is -2.50. The zero-order valence-corrected chi connectivity index (χ0v) is 20.6. The zero-order chi connectivity index (χ0) is 26.9. The first kappa shape index (κ1) is 26.8. The molecule has 37 heavy (non-hydrogen) atoms. The molecule has 1 amide bonds. The predicted molar refractivity (Wildman–Crippen MR) is 132 cm³/mol. The molecule has 1 aromatic heterocycles. The van der Waals surface area contributed by atoms with Crippen LogP contribution in [0.5, 0.6) is 0 Å². The first-order chi connectivity index (χ1) is 17.5. The normalized spacial score (nSPS) is 15.4. The number of carbonyl (C=O) groups is 1. The number of aliphatic hydroxyl groups is 1. The van der Waals surface area contributed by atoms with Crippen LogP contribution in [0, 0.1) is 18.7 Å². The van der Waals surface area contributed by atoms with Crippen molar-refractivity contribution in [1.29, 1.82) is 0 Å². The van der Waals surface area contributed by atoms with Gasteiger partial charge in [0.15, 0.2) is 5.69 Å². The molecule has 1 heterocycles. The van der Waals surface area contributed by atoms with E-state index in [1.807, 2.05) is 0 Å². The molecule has 1 fully saturated rings. The van der Waals surface area contributed by atoms with Crippen molar-refractivity contribution in [2.45, 2.75) is 51.4 Å². The quantitative estimate of drug-likeness (QED) is 0.337. The molecule has 0 unspecified atom stereocenters. The number of nitrogens with one attached hydrogen (secondary N) is 1. The number of rotatable bonds is 9. The Hall–Kier alpha value is -3.30. The molecule has 1 aliphatic carbocycles. The van der Waals surface area contributed by atoms with Gasteiger partial charge in [-0.1, -0.05) is 18.2 Å². The van der Waals surface area contributed by atoms with Gasteiger partial charge in [-0.15, -0.1) is 0 Å². The Morgan fingerprint density at radius 3 is 2.54 bits per heavy atom. The van der Waals surface area contributed by atoms with Crippen LogP contribution in [0.3, 0.4) is 0 Å². The van der Waals surface area contributed by atoms with Gasteiger partial charge in [-0.3, -0.25) is 9.78 Å². The summed E-state index contributed by atoms with van der Waals surface area (Å²) in [6.45, 7) is 3.69. The maximum atomic E-state index is 14.1. The van der Waals surface area contributed by atoms with Crippen molar-refractivity contribution in [2.75, 3.05) is 6.54 Å². The Morgan fingerprint density at radius 1 is 1.22 bits per heavy atom. The van der Waals surface area contributed by atoms with E-state index in [4.69, 9.17) is 5.73 Å². The van der Waals surface area contributed by atoms with Gasteiger partial charge in [-0.05, 0) is 84.7 Å². The van der Waals surface area contributed by atoms with Gasteiger partial charge >= 0.3 is 6.18 Å². The molecular formula is C28H29F4N3O2. The smallest absolute Gasteiger partial charge is 0.392 e. The number of primary amides is 1. The van der Waals surface area contributed by atoms with E-state index in [1.165, 1.54) is 24.3 Å². The van der Waals surface area contributed by atoms with E-state index in [-0.39, 0.29) is 47.4 Å². The molecule has 0 saturated heterocycles. The average Bonchev–Trinajstić information content (AvgIpc) is 3.66. The minimum absolute atomic E-state index is 0.113. The number of hydrogen-bond acceptors (Lipinski definition) is 4. The number of alkyl halides is 3. The molecule has 0 spiro atoms. The predicted octanol–water partition coefficient (Wildman–Crippen LogP) is 5.33. The zero-order valence-electron chi connectivity index (χ0n) is 20.6. The molecule has 2 atom stereocenters. The van der Waals surface area contributed by atoms with Crippen molar-refractivity contribution in [3.63, 3.8) is 0 Å². The Morgan fingerprint density at radius 2 is 1.95 bits per heavy atom. The lowest BCUT2D eigenvalue weighted by Crippen LogP contribution is -2.26. The molecule has 4 N–H and O–H groups in total. The van der Waals surface area contributed by atoms with E-state index in [0.717, 1.165) is 24.6 Å². The van der Waals surface area contributed by atoms with Crippen LogP contribution in [0.4, 0.5) is 17.6 Å². The average molecular weight is 516 g/mol. The largest absolute Gasteiger partial charge is 0.433 e. The highest BCUT2D eigenvalue weighted by molar-refractivity contribution is 5.97. The summed E-state index contributed by atoms with van der Waals surface area (Å²) in [5, 5.41) is 12.9. The van der Waals surface area contributed by atoms with Crippen molar-refractivity contribution in [2.24, 2.45) is 11.7 Å². The summed E-state index contributed by atoms with van der Waals surface area (Å²) in [6, 6.07) is 10.5. The third-order valence-electron chi connectivity index (χ3n) is 6.62. The second kappa shape index (κ2) is 10.6. The summed E-state index contributed by atoms with van der Waals surface area (Å²) in [4.78, 5) is 16.3. The number of aromatic nitrogens is 1. The number of carbonyl (C=O) groups excluding carboxylic acids is 1. The van der Waals surface area contributed by atoms with Crippen LogP contribution in [0.2, 0.25) is 0 Å². The molecule has 0 bridgehead atoms. The van der Waals surface area contributed by atoms with Crippen LogP contribution >= 0.6 is 0 Å². The molecule has 0 aliphatic heterocycles. The van der Waals surface area contributed by atoms with Crippen LogP contribution in [-0.4, -0.2) is 28.6 Å². The van der Waals surface area contributed by atoms with Gasteiger partial charge in [-0.25, -0.2) is 4.39 Å². The third-order valence-corrected chi connectivity index (χ3v) is 6.62.